The molecular formula is C16H23N5O4S. The topological polar surface area (TPSA) is 89.7 Å². The summed E-state index contributed by atoms with van der Waals surface area (Å²) >= 11 is 0. The molecule has 9 nitrogen and oxygen atoms in total. The number of methoxy groups -OCH3 is 1. The Balaban J connectivity index is 2.15. The lowest BCUT2D eigenvalue weighted by Gasteiger charge is -2.35. The third-order valence-electron chi connectivity index (χ3n) is 4.41. The molecule has 2 aromatic rings. The first kappa shape index (κ1) is 18.8. The van der Waals surface area contributed by atoms with E-state index < -0.39 is 16.3 Å². The summed E-state index contributed by atoms with van der Waals surface area (Å²) in [6.07, 6.45) is 0. The zero-order chi connectivity index (χ0) is 18.9. The average Bonchev–Trinajstić information content (AvgIpc) is 2.95. The van der Waals surface area contributed by atoms with Gasteiger partial charge in [-0.2, -0.15) is 22.1 Å². The fraction of sp³-hybridized carbons (Fsp3) is 0.500. The molecule has 1 atom stereocenters. The van der Waals surface area contributed by atoms with E-state index in [9.17, 15) is 13.2 Å². The van der Waals surface area contributed by atoms with E-state index in [4.69, 9.17) is 4.74 Å². The number of hydrogen-bond donors (Lipinski definition) is 0. The van der Waals surface area contributed by atoms with Crippen LogP contribution in [0.5, 0.6) is 0 Å². The highest BCUT2D eigenvalue weighted by molar-refractivity contribution is 7.86. The minimum absolute atomic E-state index is 0.197. The first-order chi connectivity index (χ1) is 12.4. The van der Waals surface area contributed by atoms with Gasteiger partial charge in [-0.25, -0.2) is 9.48 Å². The standard InChI is InChI=1S/C16H23N5O4S/c1-18(2)26(23,24)21-10-9-19-15(14(21)13-7-5-4-6-8-13)17-20(16(19)22)11-12-25-3/h4-8,14H,9-12H2,1-3H3. The van der Waals surface area contributed by atoms with Crippen molar-refractivity contribution in [3.05, 3.63) is 52.2 Å². The molecule has 1 unspecified atom stereocenters. The Labute approximate surface area is 152 Å². The highest BCUT2D eigenvalue weighted by Crippen LogP contribution is 2.32. The van der Waals surface area contributed by atoms with Crippen LogP contribution in [-0.4, -0.2) is 65.7 Å². The lowest BCUT2D eigenvalue weighted by molar-refractivity contribution is 0.182. The molecule has 26 heavy (non-hydrogen) atoms. The fourth-order valence-electron chi connectivity index (χ4n) is 3.06. The third kappa shape index (κ3) is 3.20. The summed E-state index contributed by atoms with van der Waals surface area (Å²) in [5, 5.41) is 4.43. The maximum Gasteiger partial charge on any atom is 0.346 e. The molecular weight excluding hydrogens is 358 g/mol. The van der Waals surface area contributed by atoms with E-state index in [0.29, 0.717) is 19.0 Å². The van der Waals surface area contributed by atoms with Gasteiger partial charge in [-0.05, 0) is 5.56 Å². The second kappa shape index (κ2) is 7.31. The van der Waals surface area contributed by atoms with Gasteiger partial charge >= 0.3 is 5.69 Å². The van der Waals surface area contributed by atoms with Gasteiger partial charge in [-0.3, -0.25) is 4.57 Å². The van der Waals surface area contributed by atoms with Crippen LogP contribution in [-0.2, 0) is 28.0 Å². The Morgan fingerprint density at radius 1 is 1.23 bits per heavy atom. The number of rotatable bonds is 6. The Hall–Kier alpha value is -2.01. The minimum Gasteiger partial charge on any atom is -0.383 e. The zero-order valence-electron chi connectivity index (χ0n) is 15.1. The van der Waals surface area contributed by atoms with Crippen molar-refractivity contribution < 1.29 is 13.2 Å². The minimum atomic E-state index is -3.68. The molecule has 0 bridgehead atoms. The third-order valence-corrected chi connectivity index (χ3v) is 6.32. The molecule has 0 saturated heterocycles. The van der Waals surface area contributed by atoms with Crippen molar-refractivity contribution in [1.29, 1.82) is 0 Å². The van der Waals surface area contributed by atoms with E-state index in [0.717, 1.165) is 5.56 Å². The van der Waals surface area contributed by atoms with Crippen molar-refractivity contribution >= 4 is 10.2 Å². The number of hydrogen-bond acceptors (Lipinski definition) is 5. The SMILES string of the molecule is COCCn1nc2n(c1=O)CCN(S(=O)(=O)N(C)C)C2c1ccccc1. The highest BCUT2D eigenvalue weighted by atomic mass is 32.2. The predicted molar refractivity (Wildman–Crippen MR) is 96.0 cm³/mol. The van der Waals surface area contributed by atoms with Crippen LogP contribution < -0.4 is 5.69 Å². The summed E-state index contributed by atoms with van der Waals surface area (Å²) in [7, 11) is 0.864. The van der Waals surface area contributed by atoms with Gasteiger partial charge in [-0.1, -0.05) is 30.3 Å². The summed E-state index contributed by atoms with van der Waals surface area (Å²) < 4.78 is 36.2. The van der Waals surface area contributed by atoms with Crippen molar-refractivity contribution in [1.82, 2.24) is 23.0 Å². The van der Waals surface area contributed by atoms with Gasteiger partial charge in [0.2, 0.25) is 0 Å². The smallest absolute Gasteiger partial charge is 0.346 e. The number of nitrogens with zero attached hydrogens (tertiary/aromatic N) is 5. The summed E-state index contributed by atoms with van der Waals surface area (Å²) in [5.41, 5.74) is 0.516. The normalized spacial score (nSPS) is 18.2. The maximum absolute atomic E-state index is 12.9. The Bertz CT molecular complexity index is 920. The summed E-state index contributed by atoms with van der Waals surface area (Å²) in [5.74, 6) is 0.425. The van der Waals surface area contributed by atoms with Crippen LogP contribution in [0.3, 0.4) is 0 Å². The van der Waals surface area contributed by atoms with Crippen molar-refractivity contribution in [3.63, 3.8) is 0 Å². The lowest BCUT2D eigenvalue weighted by atomic mass is 10.1. The van der Waals surface area contributed by atoms with Crippen LogP contribution in [0.25, 0.3) is 0 Å². The first-order valence-corrected chi connectivity index (χ1v) is 9.68. The first-order valence-electron chi connectivity index (χ1n) is 8.28. The van der Waals surface area contributed by atoms with Crippen molar-refractivity contribution in [2.45, 2.75) is 19.1 Å². The molecule has 0 radical (unpaired) electrons. The fourth-order valence-corrected chi connectivity index (χ4v) is 4.27. The van der Waals surface area contributed by atoms with E-state index >= 15 is 0 Å². The Morgan fingerprint density at radius 3 is 2.54 bits per heavy atom. The van der Waals surface area contributed by atoms with E-state index in [1.54, 1.807) is 11.7 Å². The molecule has 3 rings (SSSR count). The van der Waals surface area contributed by atoms with Gasteiger partial charge in [0.25, 0.3) is 10.2 Å². The van der Waals surface area contributed by atoms with Crippen molar-refractivity contribution in [2.24, 2.45) is 0 Å². The summed E-state index contributed by atoms with van der Waals surface area (Å²) in [4.78, 5) is 12.6. The van der Waals surface area contributed by atoms with Crippen molar-refractivity contribution in [3.8, 4) is 0 Å². The number of fused-ring (bicyclic) bond motifs is 1. The van der Waals surface area contributed by atoms with Crippen LogP contribution in [0.4, 0.5) is 0 Å². The molecule has 1 aromatic carbocycles. The quantitative estimate of drug-likeness (QED) is 0.697. The number of aromatic nitrogens is 3. The molecule has 2 heterocycles. The molecule has 0 aliphatic carbocycles. The summed E-state index contributed by atoms with van der Waals surface area (Å²) in [6.45, 7) is 1.13. The molecule has 0 spiro atoms. The molecule has 0 saturated carbocycles. The van der Waals surface area contributed by atoms with Crippen LogP contribution in [0, 0.1) is 0 Å². The van der Waals surface area contributed by atoms with E-state index in [1.807, 2.05) is 30.3 Å². The second-order valence-electron chi connectivity index (χ2n) is 6.22. The number of benzene rings is 1. The summed E-state index contributed by atoms with van der Waals surface area (Å²) in [6, 6.07) is 8.58. The maximum atomic E-state index is 12.9. The van der Waals surface area contributed by atoms with Gasteiger partial charge < -0.3 is 4.74 Å². The van der Waals surface area contributed by atoms with Crippen molar-refractivity contribution in [2.75, 3.05) is 34.4 Å². The van der Waals surface area contributed by atoms with Gasteiger partial charge in [0.05, 0.1) is 13.2 Å². The Morgan fingerprint density at radius 2 is 1.92 bits per heavy atom. The molecule has 10 heteroatoms. The molecule has 0 amide bonds. The molecule has 1 aromatic heterocycles. The van der Waals surface area contributed by atoms with Gasteiger partial charge in [-0.15, -0.1) is 0 Å². The molecule has 0 fully saturated rings. The largest absolute Gasteiger partial charge is 0.383 e. The van der Waals surface area contributed by atoms with Gasteiger partial charge in [0, 0.05) is 34.3 Å². The lowest BCUT2D eigenvalue weighted by Crippen LogP contribution is -2.48. The zero-order valence-corrected chi connectivity index (χ0v) is 15.9. The Kier molecular flexibility index (Phi) is 5.28. The molecule has 1 aliphatic rings. The monoisotopic (exact) mass is 381 g/mol. The van der Waals surface area contributed by atoms with E-state index in [1.165, 1.54) is 27.4 Å². The van der Waals surface area contributed by atoms with Gasteiger partial charge in [0.15, 0.2) is 5.82 Å². The molecule has 1 aliphatic heterocycles. The molecule has 0 N–H and O–H groups in total. The van der Waals surface area contributed by atoms with E-state index in [-0.39, 0.29) is 18.8 Å². The second-order valence-corrected chi connectivity index (χ2v) is 8.32. The van der Waals surface area contributed by atoms with Crippen LogP contribution in [0.15, 0.2) is 35.1 Å². The van der Waals surface area contributed by atoms with Crippen LogP contribution in [0.1, 0.15) is 17.4 Å². The van der Waals surface area contributed by atoms with Crippen LogP contribution in [0.2, 0.25) is 0 Å². The number of ether oxygens (including phenoxy) is 1. The van der Waals surface area contributed by atoms with Gasteiger partial charge in [0.1, 0.15) is 6.04 Å². The molecule has 142 valence electrons. The predicted octanol–water partition coefficient (Wildman–Crippen LogP) is -0.0974. The van der Waals surface area contributed by atoms with Crippen LogP contribution >= 0.6 is 0 Å². The highest BCUT2D eigenvalue weighted by Gasteiger charge is 2.40. The average molecular weight is 381 g/mol. The van der Waals surface area contributed by atoms with E-state index in [2.05, 4.69) is 5.10 Å².